The van der Waals surface area contributed by atoms with Gasteiger partial charge in [0, 0.05) is 31.7 Å². The van der Waals surface area contributed by atoms with Crippen molar-refractivity contribution < 1.29 is 21.9 Å². The van der Waals surface area contributed by atoms with Crippen molar-refractivity contribution in [2.75, 3.05) is 33.3 Å². The molecule has 128 valence electrons. The second-order valence-corrected chi connectivity index (χ2v) is 8.05. The van der Waals surface area contributed by atoms with E-state index in [0.29, 0.717) is 19.1 Å². The van der Waals surface area contributed by atoms with E-state index in [0.717, 1.165) is 12.6 Å². The van der Waals surface area contributed by atoms with Crippen LogP contribution in [0.4, 0.5) is 8.78 Å². The average Bonchev–Trinajstić information content (AvgIpc) is 2.51. The van der Waals surface area contributed by atoms with E-state index >= 15 is 0 Å². The summed E-state index contributed by atoms with van der Waals surface area (Å²) < 4.78 is 59.9. The smallest absolute Gasteiger partial charge is 0.246 e. The lowest BCUT2D eigenvalue weighted by molar-refractivity contribution is -0.0840. The summed E-state index contributed by atoms with van der Waals surface area (Å²) in [5.74, 6) is -1.80. The molecule has 0 unspecified atom stereocenters. The lowest BCUT2D eigenvalue weighted by atomic mass is 10.0. The molecular formula is C15H20F2N2O3S. The summed E-state index contributed by atoms with van der Waals surface area (Å²) in [5.41, 5.74) is 0.109. The largest absolute Gasteiger partial charge is 0.375 e. The highest BCUT2D eigenvalue weighted by Gasteiger charge is 2.40. The first-order valence-electron chi connectivity index (χ1n) is 7.58. The fourth-order valence-electron chi connectivity index (χ4n) is 3.20. The molecule has 8 heteroatoms. The molecule has 0 N–H and O–H groups in total. The van der Waals surface area contributed by atoms with Crippen LogP contribution in [0.1, 0.15) is 12.0 Å². The minimum Gasteiger partial charge on any atom is -0.375 e. The van der Waals surface area contributed by atoms with Crippen molar-refractivity contribution in [3.63, 3.8) is 0 Å². The van der Waals surface area contributed by atoms with E-state index in [2.05, 4.69) is 4.90 Å². The van der Waals surface area contributed by atoms with Gasteiger partial charge in [-0.1, -0.05) is 0 Å². The van der Waals surface area contributed by atoms with Gasteiger partial charge in [-0.15, -0.1) is 0 Å². The van der Waals surface area contributed by atoms with E-state index in [-0.39, 0.29) is 30.8 Å². The fourth-order valence-corrected chi connectivity index (χ4v) is 4.80. The molecule has 2 aliphatic rings. The number of piperidine rings is 1. The van der Waals surface area contributed by atoms with Crippen LogP contribution in [-0.2, 0) is 14.8 Å². The maximum Gasteiger partial charge on any atom is 0.246 e. The number of ether oxygens (including phenoxy) is 1. The predicted octanol–water partition coefficient (Wildman–Crippen LogP) is 1.37. The minimum absolute atomic E-state index is 0.000000787. The van der Waals surface area contributed by atoms with Gasteiger partial charge in [-0.05, 0) is 32.0 Å². The fraction of sp³-hybridized carbons (Fsp3) is 0.600. The average molecular weight is 346 g/mol. The Bertz CT molecular complexity index is 711. The number of morpholine rings is 1. The topological polar surface area (TPSA) is 49.9 Å². The number of benzene rings is 1. The second kappa shape index (κ2) is 6.08. The number of fused-ring (bicyclic) bond motifs is 1. The molecule has 23 heavy (non-hydrogen) atoms. The maximum absolute atomic E-state index is 14.0. The van der Waals surface area contributed by atoms with Crippen LogP contribution in [0.25, 0.3) is 0 Å². The summed E-state index contributed by atoms with van der Waals surface area (Å²) in [4.78, 5) is 1.61. The third-order valence-corrected chi connectivity index (χ3v) is 6.54. The van der Waals surface area contributed by atoms with Gasteiger partial charge in [0.05, 0.1) is 12.7 Å². The highest BCUT2D eigenvalue weighted by atomic mass is 32.2. The summed E-state index contributed by atoms with van der Waals surface area (Å²) >= 11 is 0. The Kier molecular flexibility index (Phi) is 4.43. The number of aryl methyl sites for hydroxylation is 1. The molecule has 0 spiro atoms. The van der Waals surface area contributed by atoms with Crippen molar-refractivity contribution >= 4 is 10.0 Å². The number of rotatable bonds is 2. The van der Waals surface area contributed by atoms with E-state index in [4.69, 9.17) is 4.74 Å². The standard InChI is InChI=1S/C15H20F2N2O3S/c1-10-7-15(12(17)8-11(10)16)23(20,21)19-4-3-14-13(9-19)18(2)5-6-22-14/h7-8,13-14H,3-6,9H2,1-2H3/t13-,14-/m1/s1. The Morgan fingerprint density at radius 1 is 1.22 bits per heavy atom. The van der Waals surface area contributed by atoms with Crippen LogP contribution in [0, 0.1) is 18.6 Å². The lowest BCUT2D eigenvalue weighted by Gasteiger charge is -2.45. The van der Waals surface area contributed by atoms with E-state index in [1.54, 1.807) is 0 Å². The van der Waals surface area contributed by atoms with Crippen molar-refractivity contribution in [1.82, 2.24) is 9.21 Å². The van der Waals surface area contributed by atoms with Crippen molar-refractivity contribution in [3.8, 4) is 0 Å². The Morgan fingerprint density at radius 2 is 1.96 bits per heavy atom. The molecule has 0 bridgehead atoms. The van der Waals surface area contributed by atoms with Crippen LogP contribution in [0.2, 0.25) is 0 Å². The van der Waals surface area contributed by atoms with E-state index in [9.17, 15) is 17.2 Å². The van der Waals surface area contributed by atoms with Gasteiger partial charge < -0.3 is 4.74 Å². The maximum atomic E-state index is 14.0. The van der Waals surface area contributed by atoms with Crippen molar-refractivity contribution in [1.29, 1.82) is 0 Å². The molecule has 0 radical (unpaired) electrons. The predicted molar refractivity (Wildman–Crippen MR) is 80.6 cm³/mol. The quantitative estimate of drug-likeness (QED) is 0.812. The van der Waals surface area contributed by atoms with E-state index in [1.807, 2.05) is 7.05 Å². The minimum atomic E-state index is -4.00. The third kappa shape index (κ3) is 3.00. The molecule has 0 aliphatic carbocycles. The van der Waals surface area contributed by atoms with Gasteiger partial charge in [0.2, 0.25) is 10.0 Å². The van der Waals surface area contributed by atoms with Crippen molar-refractivity contribution in [2.45, 2.75) is 30.4 Å². The summed E-state index contributed by atoms with van der Waals surface area (Å²) in [6, 6.07) is 1.65. The number of nitrogens with zero attached hydrogens (tertiary/aromatic N) is 2. The Balaban J connectivity index is 1.90. The summed E-state index contributed by atoms with van der Waals surface area (Å²) in [6.07, 6.45) is 0.566. The molecule has 2 atom stereocenters. The zero-order chi connectivity index (χ0) is 16.8. The molecule has 5 nitrogen and oxygen atoms in total. The van der Waals surface area contributed by atoms with Gasteiger partial charge in [0.1, 0.15) is 16.5 Å². The molecule has 2 aliphatic heterocycles. The van der Waals surface area contributed by atoms with Crippen LogP contribution >= 0.6 is 0 Å². The monoisotopic (exact) mass is 346 g/mol. The molecular weight excluding hydrogens is 326 g/mol. The zero-order valence-corrected chi connectivity index (χ0v) is 13.9. The Hall–Kier alpha value is -1.09. The van der Waals surface area contributed by atoms with Crippen LogP contribution < -0.4 is 0 Å². The number of sulfonamides is 1. The van der Waals surface area contributed by atoms with E-state index < -0.39 is 26.6 Å². The molecule has 0 saturated carbocycles. The number of halogens is 2. The molecule has 1 aromatic carbocycles. The molecule has 1 aromatic rings. The van der Waals surface area contributed by atoms with Crippen LogP contribution in [0.15, 0.2) is 17.0 Å². The molecule has 0 aromatic heterocycles. The van der Waals surface area contributed by atoms with Gasteiger partial charge in [-0.25, -0.2) is 17.2 Å². The van der Waals surface area contributed by atoms with Crippen molar-refractivity contribution in [2.24, 2.45) is 0 Å². The van der Waals surface area contributed by atoms with Crippen LogP contribution in [0.5, 0.6) is 0 Å². The SMILES string of the molecule is Cc1cc(S(=O)(=O)N2CC[C@H]3OCCN(C)[C@@H]3C2)c(F)cc1F. The van der Waals surface area contributed by atoms with Gasteiger partial charge >= 0.3 is 0 Å². The number of hydrogen-bond donors (Lipinski definition) is 0. The first-order chi connectivity index (χ1) is 10.8. The first-order valence-corrected chi connectivity index (χ1v) is 9.02. The Morgan fingerprint density at radius 3 is 2.70 bits per heavy atom. The zero-order valence-electron chi connectivity index (χ0n) is 13.1. The lowest BCUT2D eigenvalue weighted by Crippen LogP contribution is -2.59. The third-order valence-electron chi connectivity index (χ3n) is 4.66. The van der Waals surface area contributed by atoms with Gasteiger partial charge in [-0.2, -0.15) is 4.31 Å². The first kappa shape index (κ1) is 16.8. The number of hydrogen-bond acceptors (Lipinski definition) is 4. The molecule has 2 fully saturated rings. The Labute approximate surface area is 134 Å². The second-order valence-electron chi connectivity index (χ2n) is 6.14. The van der Waals surface area contributed by atoms with Crippen LogP contribution in [0.3, 0.4) is 0 Å². The molecule has 2 saturated heterocycles. The summed E-state index contributed by atoms with van der Waals surface area (Å²) in [6.45, 7) is 3.31. The molecule has 2 heterocycles. The van der Waals surface area contributed by atoms with Gasteiger partial charge in [0.25, 0.3) is 0 Å². The molecule has 3 rings (SSSR count). The van der Waals surface area contributed by atoms with Gasteiger partial charge in [0.15, 0.2) is 0 Å². The normalized spacial score (nSPS) is 27.0. The van der Waals surface area contributed by atoms with E-state index in [1.165, 1.54) is 11.2 Å². The summed E-state index contributed by atoms with van der Waals surface area (Å²) in [5, 5.41) is 0. The van der Waals surface area contributed by atoms with Crippen LogP contribution in [-0.4, -0.2) is 63.1 Å². The highest BCUT2D eigenvalue weighted by Crippen LogP contribution is 2.28. The van der Waals surface area contributed by atoms with Crippen molar-refractivity contribution in [3.05, 3.63) is 29.3 Å². The molecule has 0 amide bonds. The highest BCUT2D eigenvalue weighted by molar-refractivity contribution is 7.89. The number of likely N-dealkylation sites (N-methyl/N-ethyl adjacent to an activating group) is 1. The van der Waals surface area contributed by atoms with Gasteiger partial charge in [-0.3, -0.25) is 4.90 Å². The summed E-state index contributed by atoms with van der Waals surface area (Å²) in [7, 11) is -2.07.